The maximum atomic E-state index is 12.2. The van der Waals surface area contributed by atoms with Crippen molar-refractivity contribution in [2.45, 2.75) is 45.6 Å². The van der Waals surface area contributed by atoms with Crippen molar-refractivity contribution in [3.63, 3.8) is 0 Å². The van der Waals surface area contributed by atoms with E-state index >= 15 is 0 Å². The number of pyridine rings is 1. The fraction of sp³-hybridized carbons (Fsp3) is 0.565. The lowest BCUT2D eigenvalue weighted by Gasteiger charge is -2.35. The van der Waals surface area contributed by atoms with Gasteiger partial charge in [-0.05, 0) is 63.6 Å². The molecule has 168 valence electrons. The first-order chi connectivity index (χ1) is 14.8. The molecule has 2 aromatic heterocycles. The van der Waals surface area contributed by atoms with Crippen molar-refractivity contribution in [1.82, 2.24) is 19.9 Å². The number of amides is 1. The highest BCUT2D eigenvalue weighted by Gasteiger charge is 2.27. The van der Waals surface area contributed by atoms with Crippen LogP contribution in [0.3, 0.4) is 0 Å². The van der Waals surface area contributed by atoms with Gasteiger partial charge in [-0.1, -0.05) is 0 Å². The van der Waals surface area contributed by atoms with E-state index in [0.717, 1.165) is 57.1 Å². The monoisotopic (exact) mass is 426 g/mol. The summed E-state index contributed by atoms with van der Waals surface area (Å²) >= 11 is 0. The SMILES string of the molecule is CN(CC1CCN(C(=O)OC(C)(C)C)CC1)c1cc(NCCc2ccncc2)ncn1. The number of piperidine rings is 1. The predicted molar refractivity (Wildman–Crippen MR) is 122 cm³/mol. The standard InChI is InChI=1S/C23H34N6O2/c1-23(2,3)31-22(30)29-13-8-19(9-14-29)16-28(4)21-15-20(26-17-27-21)25-12-7-18-5-10-24-11-6-18/h5-6,10-11,15,17,19H,7-9,12-14,16H2,1-4H3,(H,25,26,27). The molecule has 3 heterocycles. The Bertz CT molecular complexity index is 831. The number of nitrogens with zero attached hydrogens (tertiary/aromatic N) is 5. The third-order valence-electron chi connectivity index (χ3n) is 5.31. The predicted octanol–water partition coefficient (Wildman–Crippen LogP) is 3.61. The van der Waals surface area contributed by atoms with Crippen molar-refractivity contribution < 1.29 is 9.53 Å². The van der Waals surface area contributed by atoms with Gasteiger partial charge < -0.3 is 19.9 Å². The lowest BCUT2D eigenvalue weighted by molar-refractivity contribution is 0.0186. The number of aromatic nitrogens is 3. The van der Waals surface area contributed by atoms with Crippen LogP contribution in [0.25, 0.3) is 0 Å². The molecule has 1 N–H and O–H groups in total. The fourth-order valence-electron chi connectivity index (χ4n) is 3.64. The average Bonchev–Trinajstić information content (AvgIpc) is 2.74. The van der Waals surface area contributed by atoms with Gasteiger partial charge in [0, 0.05) is 51.7 Å². The van der Waals surface area contributed by atoms with E-state index in [0.29, 0.717) is 5.92 Å². The molecule has 8 heteroatoms. The van der Waals surface area contributed by atoms with Crippen molar-refractivity contribution in [2.75, 3.05) is 43.4 Å². The van der Waals surface area contributed by atoms with Crippen LogP contribution in [0.15, 0.2) is 36.9 Å². The van der Waals surface area contributed by atoms with Gasteiger partial charge >= 0.3 is 6.09 Å². The summed E-state index contributed by atoms with van der Waals surface area (Å²) in [7, 11) is 2.06. The van der Waals surface area contributed by atoms with E-state index < -0.39 is 5.60 Å². The molecular formula is C23H34N6O2. The van der Waals surface area contributed by atoms with Gasteiger partial charge in [-0.3, -0.25) is 4.98 Å². The van der Waals surface area contributed by atoms with E-state index in [9.17, 15) is 4.79 Å². The molecular weight excluding hydrogens is 392 g/mol. The third-order valence-corrected chi connectivity index (χ3v) is 5.31. The molecule has 1 amide bonds. The first-order valence-electron chi connectivity index (χ1n) is 10.9. The summed E-state index contributed by atoms with van der Waals surface area (Å²) < 4.78 is 5.49. The molecule has 1 fully saturated rings. The topological polar surface area (TPSA) is 83.5 Å². The van der Waals surface area contributed by atoms with Crippen LogP contribution < -0.4 is 10.2 Å². The number of likely N-dealkylation sites (tertiary alicyclic amines) is 1. The van der Waals surface area contributed by atoms with Gasteiger partial charge in [-0.15, -0.1) is 0 Å². The summed E-state index contributed by atoms with van der Waals surface area (Å²) in [4.78, 5) is 29.1. The maximum absolute atomic E-state index is 12.2. The van der Waals surface area contributed by atoms with Crippen LogP contribution in [-0.4, -0.2) is 64.8 Å². The van der Waals surface area contributed by atoms with Crippen LogP contribution >= 0.6 is 0 Å². The lowest BCUT2D eigenvalue weighted by atomic mass is 9.96. The highest BCUT2D eigenvalue weighted by Crippen LogP contribution is 2.22. The van der Waals surface area contributed by atoms with Crippen molar-refractivity contribution in [3.05, 3.63) is 42.5 Å². The van der Waals surface area contributed by atoms with E-state index in [1.54, 1.807) is 6.33 Å². The minimum atomic E-state index is -0.453. The lowest BCUT2D eigenvalue weighted by Crippen LogP contribution is -2.43. The normalized spacial score (nSPS) is 14.9. The summed E-state index contributed by atoms with van der Waals surface area (Å²) in [6, 6.07) is 6.03. The molecule has 1 aliphatic rings. The third kappa shape index (κ3) is 7.38. The molecule has 2 aromatic rings. The van der Waals surface area contributed by atoms with Crippen molar-refractivity contribution in [1.29, 1.82) is 0 Å². The molecule has 0 aliphatic carbocycles. The van der Waals surface area contributed by atoms with E-state index in [1.165, 1.54) is 5.56 Å². The Morgan fingerprint density at radius 3 is 2.61 bits per heavy atom. The molecule has 3 rings (SSSR count). The zero-order valence-corrected chi connectivity index (χ0v) is 19.0. The van der Waals surface area contributed by atoms with Crippen LogP contribution in [0.5, 0.6) is 0 Å². The van der Waals surface area contributed by atoms with Gasteiger partial charge in [-0.2, -0.15) is 0 Å². The van der Waals surface area contributed by atoms with Crippen LogP contribution in [0.4, 0.5) is 16.4 Å². The van der Waals surface area contributed by atoms with Crippen molar-refractivity contribution >= 4 is 17.7 Å². The van der Waals surface area contributed by atoms with Crippen LogP contribution in [-0.2, 0) is 11.2 Å². The molecule has 1 aliphatic heterocycles. The van der Waals surface area contributed by atoms with Gasteiger partial charge in [0.15, 0.2) is 0 Å². The number of nitrogens with one attached hydrogen (secondary N) is 1. The minimum absolute atomic E-state index is 0.211. The Morgan fingerprint density at radius 2 is 1.94 bits per heavy atom. The highest BCUT2D eigenvalue weighted by atomic mass is 16.6. The minimum Gasteiger partial charge on any atom is -0.444 e. The van der Waals surface area contributed by atoms with Gasteiger partial charge in [0.2, 0.25) is 0 Å². The number of hydrogen-bond donors (Lipinski definition) is 1. The first kappa shape index (κ1) is 22.8. The molecule has 0 radical (unpaired) electrons. The van der Waals surface area contributed by atoms with Crippen molar-refractivity contribution in [2.24, 2.45) is 5.92 Å². The zero-order chi connectivity index (χ0) is 22.3. The van der Waals surface area contributed by atoms with Gasteiger partial charge in [0.1, 0.15) is 23.6 Å². The Kier molecular flexibility index (Phi) is 7.65. The number of carbonyl (C=O) groups is 1. The number of rotatable bonds is 7. The fourth-order valence-corrected chi connectivity index (χ4v) is 3.64. The zero-order valence-electron chi connectivity index (χ0n) is 19.0. The van der Waals surface area contributed by atoms with Crippen LogP contribution in [0.2, 0.25) is 0 Å². The second-order valence-corrected chi connectivity index (χ2v) is 9.08. The van der Waals surface area contributed by atoms with Crippen LogP contribution in [0.1, 0.15) is 39.2 Å². The summed E-state index contributed by atoms with van der Waals surface area (Å²) in [5, 5.41) is 3.37. The quantitative estimate of drug-likeness (QED) is 0.724. The number of anilines is 2. The molecule has 0 atom stereocenters. The molecule has 31 heavy (non-hydrogen) atoms. The Hall–Kier alpha value is -2.90. The molecule has 0 spiro atoms. The summed E-state index contributed by atoms with van der Waals surface area (Å²) in [6.45, 7) is 8.87. The summed E-state index contributed by atoms with van der Waals surface area (Å²) in [6.07, 6.45) is 7.85. The van der Waals surface area contributed by atoms with E-state index in [4.69, 9.17) is 4.74 Å². The smallest absolute Gasteiger partial charge is 0.410 e. The maximum Gasteiger partial charge on any atom is 0.410 e. The Balaban J connectivity index is 1.45. The number of ether oxygens (including phenoxy) is 1. The highest BCUT2D eigenvalue weighted by molar-refractivity contribution is 5.68. The number of carbonyl (C=O) groups excluding carboxylic acids is 1. The van der Waals surface area contributed by atoms with E-state index in [2.05, 4.69) is 32.2 Å². The summed E-state index contributed by atoms with van der Waals surface area (Å²) in [5.41, 5.74) is 0.789. The van der Waals surface area contributed by atoms with Gasteiger partial charge in [0.25, 0.3) is 0 Å². The van der Waals surface area contributed by atoms with Gasteiger partial charge in [0.05, 0.1) is 0 Å². The molecule has 0 aromatic carbocycles. The molecule has 8 nitrogen and oxygen atoms in total. The van der Waals surface area contributed by atoms with Crippen molar-refractivity contribution in [3.8, 4) is 0 Å². The van der Waals surface area contributed by atoms with Gasteiger partial charge in [-0.25, -0.2) is 14.8 Å². The second-order valence-electron chi connectivity index (χ2n) is 9.08. The van der Waals surface area contributed by atoms with Crippen LogP contribution in [0, 0.1) is 5.92 Å². The first-order valence-corrected chi connectivity index (χ1v) is 10.9. The second kappa shape index (κ2) is 10.4. The molecule has 0 saturated carbocycles. The summed E-state index contributed by atoms with van der Waals surface area (Å²) in [5.74, 6) is 2.24. The number of hydrogen-bond acceptors (Lipinski definition) is 7. The largest absolute Gasteiger partial charge is 0.444 e. The average molecular weight is 427 g/mol. The molecule has 0 unspecified atom stereocenters. The molecule has 1 saturated heterocycles. The van der Waals surface area contributed by atoms with E-state index in [1.807, 2.05) is 56.3 Å². The van der Waals surface area contributed by atoms with E-state index in [-0.39, 0.29) is 6.09 Å². The molecule has 0 bridgehead atoms. The Labute approximate surface area is 185 Å². The Morgan fingerprint density at radius 1 is 1.23 bits per heavy atom.